The lowest BCUT2D eigenvalue weighted by molar-refractivity contribution is -0.147. The standard InChI is InChI=1S/C31H40N4O7/c1-6-19(2)25(28(39)35-31(4,5)30(41)42)34-29(40)26(37)20(3)32-27(38)23(17-21-13-9-7-10-14-21)33-24(36)18-22-15-11-8-12-16-22/h7-16,19-20,23,25H,6,17-18H2,1-5H3,(H,32,38)(H,33,36)(H,34,40)(H,35,39)(H,41,42). The molecule has 0 aliphatic carbocycles. The number of ketones is 1. The predicted molar refractivity (Wildman–Crippen MR) is 156 cm³/mol. The molecule has 2 rings (SSSR count). The van der Waals surface area contributed by atoms with Crippen molar-refractivity contribution in [3.63, 3.8) is 0 Å². The molecule has 0 aromatic heterocycles. The molecule has 11 nitrogen and oxygen atoms in total. The van der Waals surface area contributed by atoms with Gasteiger partial charge in [-0.1, -0.05) is 80.9 Å². The summed E-state index contributed by atoms with van der Waals surface area (Å²) >= 11 is 0. The molecule has 5 N–H and O–H groups in total. The van der Waals surface area contributed by atoms with E-state index in [0.29, 0.717) is 6.42 Å². The Bertz CT molecular complexity index is 1260. The van der Waals surface area contributed by atoms with E-state index in [4.69, 9.17) is 0 Å². The third-order valence-electron chi connectivity index (χ3n) is 6.87. The highest BCUT2D eigenvalue weighted by Crippen LogP contribution is 2.12. The molecule has 42 heavy (non-hydrogen) atoms. The Morgan fingerprint density at radius 1 is 0.786 bits per heavy atom. The van der Waals surface area contributed by atoms with Gasteiger partial charge in [-0.15, -0.1) is 0 Å². The fourth-order valence-corrected chi connectivity index (χ4v) is 4.02. The minimum Gasteiger partial charge on any atom is -0.480 e. The lowest BCUT2D eigenvalue weighted by Gasteiger charge is -2.28. The van der Waals surface area contributed by atoms with E-state index in [1.807, 2.05) is 12.1 Å². The summed E-state index contributed by atoms with van der Waals surface area (Å²) in [5, 5.41) is 19.3. The maximum Gasteiger partial charge on any atom is 0.328 e. The number of benzene rings is 2. The number of Topliss-reactive ketones (excluding diaryl/α,β-unsaturated/α-hetero) is 1. The number of aliphatic carboxylic acids is 1. The van der Waals surface area contributed by atoms with Crippen LogP contribution in [-0.2, 0) is 41.6 Å². The second kappa shape index (κ2) is 15.5. The Morgan fingerprint density at radius 2 is 1.33 bits per heavy atom. The third-order valence-corrected chi connectivity index (χ3v) is 6.87. The molecule has 4 unspecified atom stereocenters. The minimum atomic E-state index is -1.60. The molecule has 11 heteroatoms. The molecule has 2 aromatic rings. The first-order valence-corrected chi connectivity index (χ1v) is 13.8. The number of hydrogen-bond donors (Lipinski definition) is 5. The molecule has 0 saturated carbocycles. The summed E-state index contributed by atoms with van der Waals surface area (Å²) in [6, 6.07) is 14.6. The number of nitrogens with one attached hydrogen (secondary N) is 4. The lowest BCUT2D eigenvalue weighted by Crippen LogP contribution is -2.60. The Balaban J connectivity index is 2.12. The Hall–Kier alpha value is -4.54. The van der Waals surface area contributed by atoms with Gasteiger partial charge in [-0.25, -0.2) is 4.79 Å². The van der Waals surface area contributed by atoms with Crippen LogP contribution in [0.5, 0.6) is 0 Å². The van der Waals surface area contributed by atoms with E-state index in [1.54, 1.807) is 62.4 Å². The zero-order chi connectivity index (χ0) is 31.4. The monoisotopic (exact) mass is 580 g/mol. The van der Waals surface area contributed by atoms with Crippen molar-refractivity contribution in [2.24, 2.45) is 5.92 Å². The Kier molecular flexibility index (Phi) is 12.4. The molecular weight excluding hydrogens is 540 g/mol. The second-order valence-electron chi connectivity index (χ2n) is 10.8. The van der Waals surface area contributed by atoms with E-state index in [-0.39, 0.29) is 18.7 Å². The molecule has 0 radical (unpaired) electrons. The number of amides is 4. The Morgan fingerprint density at radius 3 is 1.86 bits per heavy atom. The van der Waals surface area contributed by atoms with Crippen LogP contribution in [0.25, 0.3) is 0 Å². The van der Waals surface area contributed by atoms with Crippen LogP contribution in [-0.4, -0.2) is 64.2 Å². The first-order chi connectivity index (χ1) is 19.7. The number of rotatable bonds is 15. The quantitative estimate of drug-likeness (QED) is 0.199. The summed E-state index contributed by atoms with van der Waals surface area (Å²) in [5.74, 6) is -5.60. The van der Waals surface area contributed by atoms with Gasteiger partial charge in [-0.2, -0.15) is 0 Å². The van der Waals surface area contributed by atoms with Gasteiger partial charge < -0.3 is 26.4 Å². The van der Waals surface area contributed by atoms with Crippen molar-refractivity contribution in [1.29, 1.82) is 0 Å². The minimum absolute atomic E-state index is 0.0497. The van der Waals surface area contributed by atoms with Crippen LogP contribution in [0, 0.1) is 5.92 Å². The van der Waals surface area contributed by atoms with Crippen molar-refractivity contribution < 1.29 is 33.9 Å². The highest BCUT2D eigenvalue weighted by Gasteiger charge is 2.36. The zero-order valence-corrected chi connectivity index (χ0v) is 24.6. The molecule has 0 spiro atoms. The highest BCUT2D eigenvalue weighted by atomic mass is 16.4. The van der Waals surface area contributed by atoms with E-state index in [1.165, 1.54) is 20.8 Å². The van der Waals surface area contributed by atoms with Gasteiger partial charge in [-0.3, -0.25) is 24.0 Å². The third kappa shape index (κ3) is 10.1. The van der Waals surface area contributed by atoms with Crippen molar-refractivity contribution in [3.8, 4) is 0 Å². The van der Waals surface area contributed by atoms with Crippen LogP contribution in [0.4, 0.5) is 0 Å². The lowest BCUT2D eigenvalue weighted by atomic mass is 9.96. The molecule has 2 aromatic carbocycles. The fourth-order valence-electron chi connectivity index (χ4n) is 4.02. The SMILES string of the molecule is CCC(C)C(NC(=O)C(=O)C(C)NC(=O)C(Cc1ccccc1)NC(=O)Cc1ccccc1)C(=O)NC(C)(C)C(=O)O. The summed E-state index contributed by atoms with van der Waals surface area (Å²) in [7, 11) is 0. The molecular formula is C31H40N4O7. The van der Waals surface area contributed by atoms with Gasteiger partial charge in [0, 0.05) is 6.42 Å². The van der Waals surface area contributed by atoms with E-state index in [9.17, 15) is 33.9 Å². The summed E-state index contributed by atoms with van der Waals surface area (Å²) in [4.78, 5) is 76.1. The van der Waals surface area contributed by atoms with Crippen molar-refractivity contribution in [1.82, 2.24) is 21.3 Å². The molecule has 0 aliphatic heterocycles. The number of carbonyl (C=O) groups excluding carboxylic acids is 5. The number of carboxylic acid groups (broad SMARTS) is 1. The predicted octanol–water partition coefficient (Wildman–Crippen LogP) is 1.54. The number of carbonyl (C=O) groups is 6. The largest absolute Gasteiger partial charge is 0.480 e. The van der Waals surface area contributed by atoms with E-state index in [0.717, 1.165) is 11.1 Å². The van der Waals surface area contributed by atoms with Gasteiger partial charge >= 0.3 is 5.97 Å². The molecule has 226 valence electrons. The topological polar surface area (TPSA) is 171 Å². The van der Waals surface area contributed by atoms with Crippen LogP contribution in [0.3, 0.4) is 0 Å². The summed E-state index contributed by atoms with van der Waals surface area (Å²) in [6.45, 7) is 7.40. The molecule has 4 atom stereocenters. The average molecular weight is 581 g/mol. The molecule has 0 aliphatic rings. The summed E-state index contributed by atoms with van der Waals surface area (Å²) in [5.41, 5.74) is -0.0564. The van der Waals surface area contributed by atoms with Crippen molar-refractivity contribution in [3.05, 3.63) is 71.8 Å². The molecule has 0 fully saturated rings. The highest BCUT2D eigenvalue weighted by molar-refractivity contribution is 6.38. The molecule has 0 heterocycles. The van der Waals surface area contributed by atoms with Crippen LogP contribution in [0.15, 0.2) is 60.7 Å². The van der Waals surface area contributed by atoms with Gasteiger partial charge in [0.2, 0.25) is 23.5 Å². The second-order valence-corrected chi connectivity index (χ2v) is 10.8. The normalized spacial score (nSPS) is 13.9. The van der Waals surface area contributed by atoms with Crippen LogP contribution < -0.4 is 21.3 Å². The van der Waals surface area contributed by atoms with Gasteiger partial charge in [0.25, 0.3) is 5.91 Å². The number of carboxylic acids is 1. The average Bonchev–Trinajstić information content (AvgIpc) is 2.95. The van der Waals surface area contributed by atoms with Gasteiger partial charge in [0.1, 0.15) is 17.6 Å². The molecule has 4 amide bonds. The van der Waals surface area contributed by atoms with Crippen LogP contribution >= 0.6 is 0 Å². The van der Waals surface area contributed by atoms with E-state index in [2.05, 4.69) is 21.3 Å². The zero-order valence-electron chi connectivity index (χ0n) is 24.6. The first kappa shape index (κ1) is 33.7. The summed E-state index contributed by atoms with van der Waals surface area (Å²) in [6.07, 6.45) is 0.653. The number of hydrogen-bond acceptors (Lipinski definition) is 6. The molecule has 0 saturated heterocycles. The summed E-state index contributed by atoms with van der Waals surface area (Å²) < 4.78 is 0. The molecule has 0 bridgehead atoms. The van der Waals surface area contributed by atoms with Gasteiger partial charge in [0.15, 0.2) is 0 Å². The fraction of sp³-hybridized carbons (Fsp3) is 0.419. The Labute approximate surface area is 245 Å². The van der Waals surface area contributed by atoms with Crippen molar-refractivity contribution >= 4 is 35.4 Å². The van der Waals surface area contributed by atoms with E-state index >= 15 is 0 Å². The van der Waals surface area contributed by atoms with Crippen molar-refractivity contribution in [2.75, 3.05) is 0 Å². The van der Waals surface area contributed by atoms with Gasteiger partial charge in [-0.05, 0) is 37.8 Å². The van der Waals surface area contributed by atoms with Gasteiger partial charge in [0.05, 0.1) is 12.5 Å². The smallest absolute Gasteiger partial charge is 0.328 e. The maximum atomic E-state index is 13.2. The first-order valence-electron chi connectivity index (χ1n) is 13.8. The van der Waals surface area contributed by atoms with Crippen LogP contribution in [0.2, 0.25) is 0 Å². The van der Waals surface area contributed by atoms with E-state index < -0.39 is 59.1 Å². The van der Waals surface area contributed by atoms with Crippen molar-refractivity contribution in [2.45, 2.75) is 77.5 Å². The van der Waals surface area contributed by atoms with Crippen LogP contribution in [0.1, 0.15) is 52.2 Å². The maximum absolute atomic E-state index is 13.2.